The van der Waals surface area contributed by atoms with Gasteiger partial charge in [-0.2, -0.15) is 18.3 Å². The van der Waals surface area contributed by atoms with E-state index in [2.05, 4.69) is 20.4 Å². The largest absolute Gasteiger partial charge is 0.408 e. The number of nitrogens with one attached hydrogen (secondary N) is 1. The first kappa shape index (κ1) is 22.9. The lowest BCUT2D eigenvalue weighted by Gasteiger charge is -2.12. The van der Waals surface area contributed by atoms with E-state index in [1.54, 1.807) is 12.1 Å². The third kappa shape index (κ3) is 6.14. The van der Waals surface area contributed by atoms with Gasteiger partial charge in [-0.3, -0.25) is 0 Å². The SMILES string of the molecule is CC(C)Cc1nc(NCCc2ccc(S(N)(=O)=O)cc2)c2cnn(CC(F)(F)F)c2n1. The van der Waals surface area contributed by atoms with Gasteiger partial charge in [0.1, 0.15) is 18.2 Å². The van der Waals surface area contributed by atoms with Crippen LogP contribution in [-0.4, -0.2) is 40.9 Å². The van der Waals surface area contributed by atoms with Gasteiger partial charge in [-0.05, 0) is 30.0 Å². The standard InChI is InChI=1S/C19H23F3N6O2S/c1-12(2)9-16-26-17(15-10-25-28(18(15)27-16)11-19(20,21)22)24-8-7-13-3-5-14(6-4-13)31(23,29)30/h3-6,10,12H,7-9,11H2,1-2H3,(H2,23,29,30)(H,24,26,27). The van der Waals surface area contributed by atoms with Gasteiger partial charge in [0.25, 0.3) is 0 Å². The van der Waals surface area contributed by atoms with Gasteiger partial charge in [0, 0.05) is 13.0 Å². The Kier molecular flexibility index (Phi) is 6.51. The summed E-state index contributed by atoms with van der Waals surface area (Å²) in [5.41, 5.74) is 0.989. The highest BCUT2D eigenvalue weighted by atomic mass is 32.2. The van der Waals surface area contributed by atoms with E-state index in [-0.39, 0.29) is 16.5 Å². The second kappa shape index (κ2) is 8.79. The Morgan fingerprint density at radius 3 is 2.42 bits per heavy atom. The number of fused-ring (bicyclic) bond motifs is 1. The third-order valence-electron chi connectivity index (χ3n) is 4.42. The fourth-order valence-corrected chi connectivity index (χ4v) is 3.56. The molecule has 0 amide bonds. The number of hydrogen-bond acceptors (Lipinski definition) is 6. The van der Waals surface area contributed by atoms with Crippen LogP contribution in [0, 0.1) is 5.92 Å². The Balaban J connectivity index is 1.81. The Morgan fingerprint density at radius 2 is 1.84 bits per heavy atom. The van der Waals surface area contributed by atoms with E-state index in [1.807, 2.05) is 13.8 Å². The number of rotatable bonds is 8. The van der Waals surface area contributed by atoms with Crippen molar-refractivity contribution in [2.45, 2.75) is 44.3 Å². The molecule has 3 rings (SSSR count). The number of primary sulfonamides is 1. The summed E-state index contributed by atoms with van der Waals surface area (Å²) >= 11 is 0. The van der Waals surface area contributed by atoms with Gasteiger partial charge in [-0.15, -0.1) is 0 Å². The van der Waals surface area contributed by atoms with Crippen LogP contribution in [0.5, 0.6) is 0 Å². The van der Waals surface area contributed by atoms with Crippen molar-refractivity contribution in [3.05, 3.63) is 41.9 Å². The smallest absolute Gasteiger partial charge is 0.369 e. The average Bonchev–Trinajstić information content (AvgIpc) is 3.02. The number of benzene rings is 1. The Hall–Kier alpha value is -2.73. The van der Waals surface area contributed by atoms with E-state index in [0.717, 1.165) is 10.2 Å². The maximum Gasteiger partial charge on any atom is 0.408 e. The zero-order valence-electron chi connectivity index (χ0n) is 17.0. The van der Waals surface area contributed by atoms with E-state index >= 15 is 0 Å². The second-order valence-electron chi connectivity index (χ2n) is 7.61. The van der Waals surface area contributed by atoms with Crippen LogP contribution in [-0.2, 0) is 29.4 Å². The first-order chi connectivity index (χ1) is 14.4. The molecule has 1 aromatic carbocycles. The lowest BCUT2D eigenvalue weighted by atomic mass is 10.1. The van der Waals surface area contributed by atoms with Gasteiger partial charge in [0.05, 0.1) is 16.5 Å². The van der Waals surface area contributed by atoms with Crippen LogP contribution in [0.25, 0.3) is 11.0 Å². The molecule has 8 nitrogen and oxygen atoms in total. The molecular formula is C19H23F3N6O2S. The monoisotopic (exact) mass is 456 g/mol. The van der Waals surface area contributed by atoms with Crippen LogP contribution in [0.1, 0.15) is 25.2 Å². The van der Waals surface area contributed by atoms with Gasteiger partial charge in [0.2, 0.25) is 10.0 Å². The molecule has 3 N–H and O–H groups in total. The van der Waals surface area contributed by atoms with Crippen molar-refractivity contribution in [3.8, 4) is 0 Å². The highest BCUT2D eigenvalue weighted by Gasteiger charge is 2.30. The molecular weight excluding hydrogens is 433 g/mol. The summed E-state index contributed by atoms with van der Waals surface area (Å²) in [4.78, 5) is 8.80. The van der Waals surface area contributed by atoms with E-state index < -0.39 is 22.7 Å². The van der Waals surface area contributed by atoms with Crippen LogP contribution in [0.3, 0.4) is 0 Å². The fourth-order valence-electron chi connectivity index (χ4n) is 3.05. The molecule has 0 saturated carbocycles. The van der Waals surface area contributed by atoms with Crippen molar-refractivity contribution in [1.82, 2.24) is 19.7 Å². The molecule has 2 heterocycles. The zero-order valence-corrected chi connectivity index (χ0v) is 17.8. The average molecular weight is 456 g/mol. The molecule has 0 aliphatic heterocycles. The first-order valence-corrected chi connectivity index (χ1v) is 11.1. The van der Waals surface area contributed by atoms with Crippen LogP contribution < -0.4 is 10.5 Å². The lowest BCUT2D eigenvalue weighted by Crippen LogP contribution is -2.19. The quantitative estimate of drug-likeness (QED) is 0.539. The van der Waals surface area contributed by atoms with Crippen molar-refractivity contribution >= 4 is 26.9 Å². The number of anilines is 1. The molecule has 0 fully saturated rings. The maximum atomic E-state index is 12.9. The Bertz CT molecular complexity index is 1160. The van der Waals surface area contributed by atoms with Gasteiger partial charge in [0.15, 0.2) is 5.65 Å². The molecule has 2 aromatic heterocycles. The Labute approximate surface area is 177 Å². The lowest BCUT2D eigenvalue weighted by molar-refractivity contribution is -0.141. The van der Waals surface area contributed by atoms with Gasteiger partial charge in [-0.1, -0.05) is 26.0 Å². The molecule has 3 aromatic rings. The molecule has 0 radical (unpaired) electrons. The molecule has 0 unspecified atom stereocenters. The molecule has 168 valence electrons. The molecule has 0 saturated heterocycles. The molecule has 31 heavy (non-hydrogen) atoms. The minimum Gasteiger partial charge on any atom is -0.369 e. The third-order valence-corrected chi connectivity index (χ3v) is 5.35. The van der Waals surface area contributed by atoms with E-state index in [1.165, 1.54) is 18.3 Å². The molecule has 12 heteroatoms. The molecule has 0 atom stereocenters. The molecule has 0 spiro atoms. The summed E-state index contributed by atoms with van der Waals surface area (Å²) < 4.78 is 62.2. The summed E-state index contributed by atoms with van der Waals surface area (Å²) in [6.07, 6.45) is -2.05. The van der Waals surface area contributed by atoms with Crippen molar-refractivity contribution in [2.75, 3.05) is 11.9 Å². The van der Waals surface area contributed by atoms with Crippen molar-refractivity contribution < 1.29 is 21.6 Å². The number of hydrogen-bond donors (Lipinski definition) is 2. The number of aromatic nitrogens is 4. The first-order valence-electron chi connectivity index (χ1n) is 9.57. The molecule has 0 aliphatic carbocycles. The highest BCUT2D eigenvalue weighted by molar-refractivity contribution is 7.89. The minimum atomic E-state index is -4.42. The predicted octanol–water partition coefficient (Wildman–Crippen LogP) is 2.89. The number of halogens is 3. The van der Waals surface area contributed by atoms with Crippen LogP contribution in [0.4, 0.5) is 19.0 Å². The minimum absolute atomic E-state index is 0.0251. The van der Waals surface area contributed by atoms with Crippen LogP contribution in [0.15, 0.2) is 35.4 Å². The number of alkyl halides is 3. The van der Waals surface area contributed by atoms with E-state index in [4.69, 9.17) is 5.14 Å². The summed E-state index contributed by atoms with van der Waals surface area (Å²) in [6.45, 7) is 3.13. The van der Waals surface area contributed by atoms with Crippen LogP contribution in [0.2, 0.25) is 0 Å². The van der Waals surface area contributed by atoms with Gasteiger partial charge >= 0.3 is 6.18 Å². The van der Waals surface area contributed by atoms with Crippen molar-refractivity contribution in [3.63, 3.8) is 0 Å². The summed E-state index contributed by atoms with van der Waals surface area (Å²) in [6, 6.07) is 6.16. The fraction of sp³-hybridized carbons (Fsp3) is 0.421. The van der Waals surface area contributed by atoms with Gasteiger partial charge in [-0.25, -0.2) is 28.2 Å². The second-order valence-corrected chi connectivity index (χ2v) is 9.17. The van der Waals surface area contributed by atoms with Crippen molar-refractivity contribution in [1.29, 1.82) is 0 Å². The molecule has 0 bridgehead atoms. The normalized spacial score (nSPS) is 12.6. The molecule has 0 aliphatic rings. The van der Waals surface area contributed by atoms with Crippen molar-refractivity contribution in [2.24, 2.45) is 11.1 Å². The van der Waals surface area contributed by atoms with E-state index in [0.29, 0.717) is 36.4 Å². The van der Waals surface area contributed by atoms with Crippen LogP contribution >= 0.6 is 0 Å². The Morgan fingerprint density at radius 1 is 1.16 bits per heavy atom. The summed E-state index contributed by atoms with van der Waals surface area (Å²) in [7, 11) is -3.75. The predicted molar refractivity (Wildman–Crippen MR) is 110 cm³/mol. The summed E-state index contributed by atoms with van der Waals surface area (Å²) in [5, 5.41) is 12.5. The maximum absolute atomic E-state index is 12.9. The number of sulfonamides is 1. The van der Waals surface area contributed by atoms with Gasteiger partial charge < -0.3 is 5.32 Å². The summed E-state index contributed by atoms with van der Waals surface area (Å²) in [5.74, 6) is 1.07. The highest BCUT2D eigenvalue weighted by Crippen LogP contribution is 2.25. The zero-order chi connectivity index (χ0) is 22.8. The number of nitrogens with zero attached hydrogens (tertiary/aromatic N) is 4. The number of nitrogens with two attached hydrogens (primary N) is 1. The van der Waals surface area contributed by atoms with E-state index in [9.17, 15) is 21.6 Å². The topological polar surface area (TPSA) is 116 Å².